The Bertz CT molecular complexity index is 617. The lowest BCUT2D eigenvalue weighted by atomic mass is 9.88. The van der Waals surface area contributed by atoms with Gasteiger partial charge in [0.2, 0.25) is 0 Å². The first kappa shape index (κ1) is 19.0. The van der Waals surface area contributed by atoms with Crippen LogP contribution in [0.25, 0.3) is 0 Å². The predicted molar refractivity (Wildman–Crippen MR) is 111 cm³/mol. The fourth-order valence-corrected chi connectivity index (χ4v) is 5.61. The Morgan fingerprint density at radius 3 is 2.32 bits per heavy atom. The molecule has 1 aromatic rings. The highest BCUT2D eigenvalue weighted by molar-refractivity contribution is 8.02. The number of benzene rings is 1. The predicted octanol–water partition coefficient (Wildman–Crippen LogP) is 5.60. The van der Waals surface area contributed by atoms with Crippen LogP contribution in [0.4, 0.5) is 0 Å². The second kappa shape index (κ2) is 7.11. The number of rotatable bonds is 4. The minimum absolute atomic E-state index is 0.125. The molecule has 0 saturated heterocycles. The molecule has 1 fully saturated rings. The number of thioether (sulfide) groups is 1. The molecule has 0 unspecified atom stereocenters. The van der Waals surface area contributed by atoms with Crippen molar-refractivity contribution in [1.29, 1.82) is 0 Å². The Hall–Kier alpha value is -0.743. The van der Waals surface area contributed by atoms with E-state index in [1.54, 1.807) is 0 Å². The Balaban J connectivity index is 1.86. The molecule has 133 valence electrons. The lowest BCUT2D eigenvalue weighted by molar-refractivity contribution is 0.234. The van der Waals surface area contributed by atoms with E-state index in [2.05, 4.69) is 83.6 Å². The average Bonchev–Trinajstić information content (AvgIpc) is 3.13. The van der Waals surface area contributed by atoms with Crippen molar-refractivity contribution in [2.75, 3.05) is 6.61 Å². The summed E-state index contributed by atoms with van der Waals surface area (Å²) in [6, 6.07) is 10.8. The molecule has 1 atom stereocenters. The van der Waals surface area contributed by atoms with E-state index in [0.29, 0.717) is 6.61 Å². The minimum Gasteiger partial charge on any atom is -0.478 e. The highest BCUT2D eigenvalue weighted by Gasteiger charge is 2.50. The zero-order chi connectivity index (χ0) is 18.2. The van der Waals surface area contributed by atoms with Crippen molar-refractivity contribution in [2.45, 2.75) is 51.3 Å². The van der Waals surface area contributed by atoms with Crippen molar-refractivity contribution in [3.8, 4) is 0 Å². The summed E-state index contributed by atoms with van der Waals surface area (Å²) in [6.45, 7) is 14.6. The van der Waals surface area contributed by atoms with Gasteiger partial charge in [0.25, 0.3) is 0 Å². The Kier molecular flexibility index (Phi) is 5.41. The van der Waals surface area contributed by atoms with Gasteiger partial charge in [-0.05, 0) is 35.9 Å². The maximum atomic E-state index is 6.11. The quantitative estimate of drug-likeness (QED) is 0.643. The third-order valence-electron chi connectivity index (χ3n) is 4.56. The summed E-state index contributed by atoms with van der Waals surface area (Å²) in [5, 5.41) is 1.26. The Morgan fingerprint density at radius 1 is 1.08 bits per heavy atom. The van der Waals surface area contributed by atoms with Gasteiger partial charge in [0.1, 0.15) is 6.61 Å². The second-order valence-electron chi connectivity index (χ2n) is 8.78. The summed E-state index contributed by atoms with van der Waals surface area (Å²) in [5.41, 5.74) is 1.57. The topological polar surface area (TPSA) is 21.6 Å². The van der Waals surface area contributed by atoms with E-state index in [-0.39, 0.29) is 11.5 Å². The molecule has 0 amide bonds. The van der Waals surface area contributed by atoms with Crippen LogP contribution in [0.3, 0.4) is 0 Å². The summed E-state index contributed by atoms with van der Waals surface area (Å²) in [5.74, 6) is 2.08. The fraction of sp³-hybridized carbons (Fsp3) is 0.429. The molecular weight excluding hydrogens is 342 g/mol. The standard InChI is InChI=1S/C21H28NOSSi/c1-21(2,3)18-14-23-20(22-18)19-16(12-13-17(19)25(4,5)6)24-15-10-8-7-9-11-15/h7-13,18H,14H2,1-6H3/t18-/m1/s1. The lowest BCUT2D eigenvalue weighted by Gasteiger charge is -2.30. The van der Waals surface area contributed by atoms with Gasteiger partial charge in [-0.15, -0.1) is 11.8 Å². The van der Waals surface area contributed by atoms with E-state index < -0.39 is 8.07 Å². The Morgan fingerprint density at radius 2 is 1.76 bits per heavy atom. The van der Waals surface area contributed by atoms with E-state index in [1.165, 1.54) is 21.6 Å². The zero-order valence-electron chi connectivity index (χ0n) is 16.1. The largest absolute Gasteiger partial charge is 0.478 e. The molecule has 0 N–H and O–H groups in total. The first-order valence-corrected chi connectivity index (χ1v) is 13.2. The first-order valence-electron chi connectivity index (χ1n) is 8.90. The van der Waals surface area contributed by atoms with E-state index in [0.717, 1.165) is 5.90 Å². The number of hydrogen-bond donors (Lipinski definition) is 0. The second-order valence-corrected chi connectivity index (χ2v) is 14.9. The maximum Gasteiger partial charge on any atom is 0.193 e. The summed E-state index contributed by atoms with van der Waals surface area (Å²) in [7, 11) is -1.48. The molecule has 0 bridgehead atoms. The van der Waals surface area contributed by atoms with Crippen molar-refractivity contribution in [3.63, 3.8) is 0 Å². The monoisotopic (exact) mass is 370 g/mol. The molecule has 1 aliphatic carbocycles. The number of aliphatic imine (C=N–C) groups is 1. The molecule has 1 saturated carbocycles. The van der Waals surface area contributed by atoms with Crippen molar-refractivity contribution >= 4 is 25.7 Å². The molecule has 1 aromatic carbocycles. The van der Waals surface area contributed by atoms with Gasteiger partial charge in [0.05, 0.1) is 25.3 Å². The minimum atomic E-state index is -1.48. The van der Waals surface area contributed by atoms with Crippen LogP contribution in [-0.2, 0) is 4.74 Å². The van der Waals surface area contributed by atoms with Gasteiger partial charge >= 0.3 is 0 Å². The van der Waals surface area contributed by atoms with Crippen molar-refractivity contribution in [2.24, 2.45) is 10.4 Å². The highest BCUT2D eigenvalue weighted by Crippen LogP contribution is 2.53. The number of nitrogens with zero attached hydrogens (tertiary/aromatic N) is 1. The van der Waals surface area contributed by atoms with Crippen LogP contribution < -0.4 is 0 Å². The van der Waals surface area contributed by atoms with Gasteiger partial charge in [-0.3, -0.25) is 0 Å². The molecule has 2 nitrogen and oxygen atoms in total. The van der Waals surface area contributed by atoms with Crippen LogP contribution in [-0.4, -0.2) is 26.6 Å². The molecule has 0 spiro atoms. The fourth-order valence-electron chi connectivity index (χ4n) is 2.96. The highest BCUT2D eigenvalue weighted by atomic mass is 32.2. The third-order valence-corrected chi connectivity index (χ3v) is 7.66. The number of hydrogen-bond acceptors (Lipinski definition) is 3. The molecule has 5 radical (unpaired) electrons. The van der Waals surface area contributed by atoms with Gasteiger partial charge in [0.15, 0.2) is 5.90 Å². The van der Waals surface area contributed by atoms with Crippen LogP contribution >= 0.6 is 11.8 Å². The molecule has 1 heterocycles. The molecule has 0 aromatic heterocycles. The van der Waals surface area contributed by atoms with E-state index in [9.17, 15) is 0 Å². The van der Waals surface area contributed by atoms with Crippen LogP contribution in [0.1, 0.15) is 20.8 Å². The van der Waals surface area contributed by atoms with Gasteiger partial charge in [-0.2, -0.15) is 0 Å². The lowest BCUT2D eigenvalue weighted by Crippen LogP contribution is -2.36. The van der Waals surface area contributed by atoms with Crippen molar-refractivity contribution < 1.29 is 4.74 Å². The summed E-state index contributed by atoms with van der Waals surface area (Å²) < 4.78 is 6.11. The molecule has 25 heavy (non-hydrogen) atoms. The molecule has 2 aliphatic rings. The summed E-state index contributed by atoms with van der Waals surface area (Å²) >= 11 is 1.81. The van der Waals surface area contributed by atoms with E-state index in [4.69, 9.17) is 9.73 Å². The third kappa shape index (κ3) is 4.33. The Labute approximate surface area is 158 Å². The maximum absolute atomic E-state index is 6.11. The normalized spacial score (nSPS) is 23.8. The van der Waals surface area contributed by atoms with Crippen molar-refractivity contribution in [3.05, 3.63) is 59.9 Å². The SMILES string of the molecule is CC(C)(C)[C@H]1COC([C]2[C](Sc3ccccc3)[CH][CH][C]2[Si](C)(C)C)=N1. The van der Waals surface area contributed by atoms with E-state index in [1.807, 2.05) is 11.8 Å². The van der Waals surface area contributed by atoms with Gasteiger partial charge in [-0.1, -0.05) is 58.6 Å². The van der Waals surface area contributed by atoms with Crippen LogP contribution in [0.5, 0.6) is 0 Å². The van der Waals surface area contributed by atoms with Gasteiger partial charge < -0.3 is 4.74 Å². The van der Waals surface area contributed by atoms with Gasteiger partial charge in [0, 0.05) is 4.90 Å². The average molecular weight is 371 g/mol. The van der Waals surface area contributed by atoms with Crippen LogP contribution in [0.15, 0.2) is 40.2 Å². The number of ether oxygens (including phenoxy) is 1. The van der Waals surface area contributed by atoms with Gasteiger partial charge in [-0.25, -0.2) is 4.99 Å². The van der Waals surface area contributed by atoms with Crippen LogP contribution in [0, 0.1) is 35.0 Å². The first-order chi connectivity index (χ1) is 11.7. The smallest absolute Gasteiger partial charge is 0.193 e. The van der Waals surface area contributed by atoms with E-state index >= 15 is 0 Å². The molecular formula is C21H28NOSSi. The van der Waals surface area contributed by atoms with Crippen molar-refractivity contribution in [1.82, 2.24) is 0 Å². The zero-order valence-corrected chi connectivity index (χ0v) is 17.9. The van der Waals surface area contributed by atoms with Crippen LogP contribution in [0.2, 0.25) is 19.6 Å². The molecule has 3 rings (SSSR count). The molecule has 4 heteroatoms. The molecule has 1 aliphatic heterocycles. The summed E-state index contributed by atoms with van der Waals surface area (Å²) in [6.07, 6.45) is 4.54. The summed E-state index contributed by atoms with van der Waals surface area (Å²) in [4.78, 5) is 6.23.